The molecule has 2 rings (SSSR count). The Bertz CT molecular complexity index is 476. The lowest BCUT2D eigenvalue weighted by Gasteiger charge is -2.14. The summed E-state index contributed by atoms with van der Waals surface area (Å²) < 4.78 is 5.29. The maximum Gasteiger partial charge on any atom is 0.121 e. The molecule has 1 aromatic carbocycles. The van der Waals surface area contributed by atoms with Crippen molar-refractivity contribution in [1.29, 1.82) is 0 Å². The summed E-state index contributed by atoms with van der Waals surface area (Å²) in [6.07, 6.45) is 2.47. The minimum Gasteiger partial charge on any atom is -0.508 e. The molecule has 2 N–H and O–H groups in total. The summed E-state index contributed by atoms with van der Waals surface area (Å²) in [7, 11) is 0. The normalized spacial score (nSPS) is 12.6. The van der Waals surface area contributed by atoms with Crippen LogP contribution in [-0.4, -0.2) is 11.1 Å². The summed E-state index contributed by atoms with van der Waals surface area (Å²) in [5, 5.41) is 13.6. The maximum atomic E-state index is 9.72. The molecule has 0 bridgehead atoms. The molecule has 2 aromatic rings. The summed E-state index contributed by atoms with van der Waals surface area (Å²) in [4.78, 5) is 0. The smallest absolute Gasteiger partial charge is 0.121 e. The third-order valence-electron chi connectivity index (χ3n) is 2.81. The number of furan rings is 1. The Morgan fingerprint density at radius 3 is 2.83 bits per heavy atom. The average molecular weight is 266 g/mol. The van der Waals surface area contributed by atoms with E-state index in [0.29, 0.717) is 11.6 Å². The number of rotatable bonds is 5. The summed E-state index contributed by atoms with van der Waals surface area (Å²) in [5.74, 6) is 1.17. The van der Waals surface area contributed by atoms with Gasteiger partial charge in [-0.1, -0.05) is 17.7 Å². The van der Waals surface area contributed by atoms with Crippen LogP contribution in [0.2, 0.25) is 5.02 Å². The van der Waals surface area contributed by atoms with E-state index in [1.165, 1.54) is 0 Å². The van der Waals surface area contributed by atoms with Crippen LogP contribution in [0.15, 0.2) is 41.0 Å². The first-order valence-electron chi connectivity index (χ1n) is 5.89. The lowest BCUT2D eigenvalue weighted by molar-refractivity contribution is 0.442. The van der Waals surface area contributed by atoms with E-state index in [4.69, 9.17) is 16.0 Å². The molecule has 18 heavy (non-hydrogen) atoms. The van der Waals surface area contributed by atoms with Crippen LogP contribution in [0.1, 0.15) is 18.2 Å². The minimum absolute atomic E-state index is 0.222. The molecule has 1 aromatic heterocycles. The first kappa shape index (κ1) is 13.0. The second kappa shape index (κ2) is 5.94. The zero-order chi connectivity index (χ0) is 13.0. The van der Waals surface area contributed by atoms with Crippen LogP contribution in [0.4, 0.5) is 0 Å². The zero-order valence-corrected chi connectivity index (χ0v) is 10.9. The Balaban J connectivity index is 1.91. The van der Waals surface area contributed by atoms with Crippen LogP contribution >= 0.6 is 11.6 Å². The molecular formula is C14H16ClNO2. The highest BCUT2D eigenvalue weighted by Gasteiger charge is 2.09. The van der Waals surface area contributed by atoms with Crippen molar-refractivity contribution in [3.63, 3.8) is 0 Å². The predicted molar refractivity (Wildman–Crippen MR) is 71.8 cm³/mol. The van der Waals surface area contributed by atoms with Gasteiger partial charge in [-0.25, -0.2) is 0 Å². The highest BCUT2D eigenvalue weighted by Crippen LogP contribution is 2.24. The second-order valence-electron chi connectivity index (χ2n) is 4.30. The minimum atomic E-state index is 0.222. The van der Waals surface area contributed by atoms with Gasteiger partial charge >= 0.3 is 0 Å². The zero-order valence-electron chi connectivity index (χ0n) is 10.2. The van der Waals surface area contributed by atoms with Crippen LogP contribution in [-0.2, 0) is 13.0 Å². The molecule has 0 amide bonds. The van der Waals surface area contributed by atoms with Crippen molar-refractivity contribution in [1.82, 2.24) is 5.32 Å². The Morgan fingerprint density at radius 2 is 2.17 bits per heavy atom. The molecular weight excluding hydrogens is 250 g/mol. The molecule has 4 heteroatoms. The summed E-state index contributed by atoms with van der Waals surface area (Å²) in [6.45, 7) is 2.60. The molecule has 0 spiro atoms. The van der Waals surface area contributed by atoms with Gasteiger partial charge in [0.25, 0.3) is 0 Å². The van der Waals surface area contributed by atoms with Crippen molar-refractivity contribution in [2.75, 3.05) is 0 Å². The van der Waals surface area contributed by atoms with Crippen LogP contribution in [0.25, 0.3) is 0 Å². The Labute approximate surface area is 111 Å². The number of nitrogens with one attached hydrogen (secondary N) is 1. The maximum absolute atomic E-state index is 9.72. The molecule has 96 valence electrons. The highest BCUT2D eigenvalue weighted by molar-refractivity contribution is 6.31. The van der Waals surface area contributed by atoms with Gasteiger partial charge in [0.1, 0.15) is 11.5 Å². The molecule has 1 unspecified atom stereocenters. The number of phenols is 1. The third-order valence-corrected chi connectivity index (χ3v) is 3.16. The van der Waals surface area contributed by atoms with E-state index < -0.39 is 0 Å². The van der Waals surface area contributed by atoms with Crippen molar-refractivity contribution in [2.45, 2.75) is 25.9 Å². The van der Waals surface area contributed by atoms with E-state index in [2.05, 4.69) is 12.2 Å². The molecule has 0 saturated carbocycles. The lowest BCUT2D eigenvalue weighted by atomic mass is 10.1. The first-order valence-corrected chi connectivity index (χ1v) is 6.26. The van der Waals surface area contributed by atoms with E-state index in [1.807, 2.05) is 12.1 Å². The monoisotopic (exact) mass is 265 g/mol. The van der Waals surface area contributed by atoms with Gasteiger partial charge in [0.2, 0.25) is 0 Å². The van der Waals surface area contributed by atoms with E-state index in [-0.39, 0.29) is 11.8 Å². The van der Waals surface area contributed by atoms with E-state index in [9.17, 15) is 5.11 Å². The van der Waals surface area contributed by atoms with Gasteiger partial charge in [-0.05, 0) is 31.2 Å². The molecule has 1 heterocycles. The van der Waals surface area contributed by atoms with Gasteiger partial charge in [-0.3, -0.25) is 0 Å². The molecule has 0 fully saturated rings. The van der Waals surface area contributed by atoms with Crippen LogP contribution in [0.5, 0.6) is 5.75 Å². The number of benzene rings is 1. The van der Waals surface area contributed by atoms with Crippen molar-refractivity contribution in [2.24, 2.45) is 0 Å². The van der Waals surface area contributed by atoms with Crippen LogP contribution < -0.4 is 5.32 Å². The van der Waals surface area contributed by atoms with E-state index in [0.717, 1.165) is 17.7 Å². The third kappa shape index (κ3) is 3.28. The summed E-state index contributed by atoms with van der Waals surface area (Å²) in [5.41, 5.74) is 0.727. The number of halogens is 1. The SMILES string of the molecule is CC(Cc1ccco1)NCc1c(O)cccc1Cl. The van der Waals surface area contributed by atoms with E-state index in [1.54, 1.807) is 24.5 Å². The fraction of sp³-hybridized carbons (Fsp3) is 0.286. The molecule has 0 aliphatic carbocycles. The number of aromatic hydroxyl groups is 1. The van der Waals surface area contributed by atoms with Crippen LogP contribution in [0, 0.1) is 0 Å². The Morgan fingerprint density at radius 1 is 1.33 bits per heavy atom. The second-order valence-corrected chi connectivity index (χ2v) is 4.71. The van der Waals surface area contributed by atoms with Gasteiger partial charge in [0.05, 0.1) is 6.26 Å². The van der Waals surface area contributed by atoms with E-state index >= 15 is 0 Å². The van der Waals surface area contributed by atoms with Crippen molar-refractivity contribution in [3.05, 3.63) is 52.9 Å². The van der Waals surface area contributed by atoms with Gasteiger partial charge in [0, 0.05) is 29.6 Å². The molecule has 1 atom stereocenters. The first-order chi connectivity index (χ1) is 8.66. The quantitative estimate of drug-likeness (QED) is 0.871. The highest BCUT2D eigenvalue weighted by atomic mass is 35.5. The average Bonchev–Trinajstić information content (AvgIpc) is 2.81. The summed E-state index contributed by atoms with van der Waals surface area (Å²) >= 11 is 6.04. The largest absolute Gasteiger partial charge is 0.508 e. The number of phenolic OH excluding ortho intramolecular Hbond substituents is 1. The molecule has 3 nitrogen and oxygen atoms in total. The lowest BCUT2D eigenvalue weighted by Crippen LogP contribution is -2.27. The Kier molecular flexibility index (Phi) is 4.28. The van der Waals surface area contributed by atoms with Gasteiger partial charge in [0.15, 0.2) is 0 Å². The van der Waals surface area contributed by atoms with Gasteiger partial charge in [-0.15, -0.1) is 0 Å². The Hall–Kier alpha value is -1.45. The van der Waals surface area contributed by atoms with Crippen molar-refractivity contribution >= 4 is 11.6 Å². The van der Waals surface area contributed by atoms with Gasteiger partial charge < -0.3 is 14.8 Å². The fourth-order valence-electron chi connectivity index (χ4n) is 1.80. The van der Waals surface area contributed by atoms with Crippen molar-refractivity contribution < 1.29 is 9.52 Å². The number of hydrogen-bond donors (Lipinski definition) is 2. The fourth-order valence-corrected chi connectivity index (χ4v) is 2.04. The standard InChI is InChI=1S/C14H16ClNO2/c1-10(8-11-4-3-7-18-11)16-9-12-13(15)5-2-6-14(12)17/h2-7,10,16-17H,8-9H2,1H3. The topological polar surface area (TPSA) is 45.4 Å². The van der Waals surface area contributed by atoms with Crippen molar-refractivity contribution in [3.8, 4) is 5.75 Å². The van der Waals surface area contributed by atoms with Gasteiger partial charge in [-0.2, -0.15) is 0 Å². The molecule has 0 saturated heterocycles. The summed E-state index contributed by atoms with van der Waals surface area (Å²) in [6, 6.07) is 9.21. The van der Waals surface area contributed by atoms with Crippen LogP contribution in [0.3, 0.4) is 0 Å². The predicted octanol–water partition coefficient (Wildman–Crippen LogP) is 3.36. The number of hydrogen-bond acceptors (Lipinski definition) is 3. The molecule has 0 radical (unpaired) electrons. The molecule has 0 aliphatic heterocycles. The molecule has 0 aliphatic rings.